The molecule has 0 bridgehead atoms. The number of aromatic amines is 1. The Morgan fingerprint density at radius 1 is 1.25 bits per heavy atom. The average molecular weight is 324 g/mol. The van der Waals surface area contributed by atoms with E-state index in [1.807, 2.05) is 24.3 Å². The van der Waals surface area contributed by atoms with Gasteiger partial charge in [-0.1, -0.05) is 6.58 Å². The zero-order valence-corrected chi connectivity index (χ0v) is 13.0. The normalized spacial score (nSPS) is 10.2. The van der Waals surface area contributed by atoms with Crippen molar-refractivity contribution in [3.05, 3.63) is 66.6 Å². The molecule has 0 saturated heterocycles. The fraction of sp³-hybridized carbons (Fsp3) is 0.0588. The Labute approximate surface area is 138 Å². The number of hydrogen-bond donors (Lipinski definition) is 3. The zero-order chi connectivity index (χ0) is 16.9. The molecule has 0 radical (unpaired) electrons. The SMILES string of the molecule is C=C(NNC(=O)c1cc(-c2ccco2)[nH]n1)c1ccc(OC)cc1. The zero-order valence-electron chi connectivity index (χ0n) is 13.0. The number of rotatable bonds is 6. The summed E-state index contributed by atoms with van der Waals surface area (Å²) < 4.78 is 10.3. The van der Waals surface area contributed by atoms with E-state index in [1.54, 1.807) is 31.6 Å². The van der Waals surface area contributed by atoms with Gasteiger partial charge in [0.15, 0.2) is 11.5 Å². The van der Waals surface area contributed by atoms with Gasteiger partial charge in [-0.15, -0.1) is 0 Å². The van der Waals surface area contributed by atoms with Crippen LogP contribution in [0.1, 0.15) is 16.1 Å². The number of aromatic nitrogens is 2. The molecule has 122 valence electrons. The van der Waals surface area contributed by atoms with Gasteiger partial charge in [0.25, 0.3) is 5.91 Å². The van der Waals surface area contributed by atoms with E-state index in [0.29, 0.717) is 17.2 Å². The topological polar surface area (TPSA) is 92.2 Å². The van der Waals surface area contributed by atoms with E-state index >= 15 is 0 Å². The van der Waals surface area contributed by atoms with Crippen molar-refractivity contribution in [2.24, 2.45) is 0 Å². The molecule has 7 nitrogen and oxygen atoms in total. The highest BCUT2D eigenvalue weighted by molar-refractivity contribution is 5.93. The van der Waals surface area contributed by atoms with Crippen molar-refractivity contribution in [1.29, 1.82) is 0 Å². The summed E-state index contributed by atoms with van der Waals surface area (Å²) in [6, 6.07) is 12.4. The predicted molar refractivity (Wildman–Crippen MR) is 88.9 cm³/mol. The van der Waals surface area contributed by atoms with E-state index in [-0.39, 0.29) is 5.69 Å². The van der Waals surface area contributed by atoms with Gasteiger partial charge in [-0.2, -0.15) is 5.10 Å². The molecule has 3 aromatic rings. The lowest BCUT2D eigenvalue weighted by molar-refractivity contribution is 0.0937. The summed E-state index contributed by atoms with van der Waals surface area (Å²) in [7, 11) is 1.60. The first kappa shape index (κ1) is 15.4. The monoisotopic (exact) mass is 324 g/mol. The maximum atomic E-state index is 12.1. The van der Waals surface area contributed by atoms with Crippen LogP contribution in [-0.2, 0) is 0 Å². The highest BCUT2D eigenvalue weighted by atomic mass is 16.5. The molecule has 1 aromatic carbocycles. The van der Waals surface area contributed by atoms with Gasteiger partial charge >= 0.3 is 0 Å². The minimum atomic E-state index is -0.390. The molecule has 7 heteroatoms. The van der Waals surface area contributed by atoms with Crippen LogP contribution >= 0.6 is 0 Å². The van der Waals surface area contributed by atoms with Crippen LogP contribution in [0.4, 0.5) is 0 Å². The Kier molecular flexibility index (Phi) is 4.33. The van der Waals surface area contributed by atoms with Gasteiger partial charge in [-0.05, 0) is 42.0 Å². The van der Waals surface area contributed by atoms with Crippen LogP contribution in [0.25, 0.3) is 17.2 Å². The molecule has 3 N–H and O–H groups in total. The predicted octanol–water partition coefficient (Wildman–Crippen LogP) is 2.58. The lowest BCUT2D eigenvalue weighted by atomic mass is 10.2. The smallest absolute Gasteiger partial charge is 0.290 e. The average Bonchev–Trinajstić information content (AvgIpc) is 3.30. The summed E-state index contributed by atoms with van der Waals surface area (Å²) in [6.07, 6.45) is 1.55. The quantitative estimate of drug-likeness (QED) is 0.606. The molecule has 1 amide bonds. The minimum Gasteiger partial charge on any atom is -0.497 e. The van der Waals surface area contributed by atoms with Gasteiger partial charge in [0, 0.05) is 6.07 Å². The first-order valence-corrected chi connectivity index (χ1v) is 7.16. The molecule has 3 rings (SSSR count). The van der Waals surface area contributed by atoms with Crippen LogP contribution in [-0.4, -0.2) is 23.2 Å². The largest absolute Gasteiger partial charge is 0.497 e. The number of hydrogen-bond acceptors (Lipinski definition) is 5. The van der Waals surface area contributed by atoms with Crippen LogP contribution in [0.5, 0.6) is 5.75 Å². The summed E-state index contributed by atoms with van der Waals surface area (Å²) in [5.41, 5.74) is 7.55. The van der Waals surface area contributed by atoms with E-state index in [1.165, 1.54) is 0 Å². The summed E-state index contributed by atoms with van der Waals surface area (Å²) in [6.45, 7) is 3.88. The van der Waals surface area contributed by atoms with Crippen LogP contribution < -0.4 is 15.6 Å². The number of furan rings is 1. The van der Waals surface area contributed by atoms with Crippen molar-refractivity contribution in [1.82, 2.24) is 21.0 Å². The number of methoxy groups -OCH3 is 1. The highest BCUT2D eigenvalue weighted by Gasteiger charge is 2.12. The first-order valence-electron chi connectivity index (χ1n) is 7.16. The molecule has 0 atom stereocenters. The molecule has 2 aromatic heterocycles. The third-order valence-electron chi connectivity index (χ3n) is 3.36. The molecule has 0 fully saturated rings. The maximum Gasteiger partial charge on any atom is 0.290 e. The molecule has 0 aliphatic heterocycles. The number of carbonyl (C=O) groups excluding carboxylic acids is 1. The van der Waals surface area contributed by atoms with Gasteiger partial charge in [0.05, 0.1) is 19.1 Å². The van der Waals surface area contributed by atoms with Gasteiger partial charge in [-0.25, -0.2) is 0 Å². The number of nitrogens with zero attached hydrogens (tertiary/aromatic N) is 1. The van der Waals surface area contributed by atoms with E-state index < -0.39 is 5.91 Å². The Hall–Kier alpha value is -3.48. The molecular weight excluding hydrogens is 308 g/mol. The number of H-pyrrole nitrogens is 1. The number of benzene rings is 1. The second kappa shape index (κ2) is 6.74. The molecule has 0 aliphatic rings. The molecule has 2 heterocycles. The maximum absolute atomic E-state index is 12.1. The fourth-order valence-electron chi connectivity index (χ4n) is 2.06. The second-order valence-corrected chi connectivity index (χ2v) is 4.93. The van der Waals surface area contributed by atoms with Crippen molar-refractivity contribution in [2.75, 3.05) is 7.11 Å². The summed E-state index contributed by atoms with van der Waals surface area (Å²) in [4.78, 5) is 12.1. The van der Waals surface area contributed by atoms with E-state index in [2.05, 4.69) is 27.6 Å². The van der Waals surface area contributed by atoms with Crippen LogP contribution in [0.2, 0.25) is 0 Å². The highest BCUT2D eigenvalue weighted by Crippen LogP contribution is 2.18. The molecule has 24 heavy (non-hydrogen) atoms. The van der Waals surface area contributed by atoms with Crippen molar-refractivity contribution in [3.63, 3.8) is 0 Å². The van der Waals surface area contributed by atoms with E-state index in [9.17, 15) is 4.79 Å². The Morgan fingerprint density at radius 2 is 2.04 bits per heavy atom. The summed E-state index contributed by atoms with van der Waals surface area (Å²) in [5, 5.41) is 6.71. The number of carbonyl (C=O) groups is 1. The van der Waals surface area contributed by atoms with Crippen molar-refractivity contribution >= 4 is 11.6 Å². The van der Waals surface area contributed by atoms with E-state index in [4.69, 9.17) is 9.15 Å². The summed E-state index contributed by atoms with van der Waals surface area (Å²) in [5.74, 6) is 0.966. The van der Waals surface area contributed by atoms with Crippen molar-refractivity contribution in [3.8, 4) is 17.2 Å². The van der Waals surface area contributed by atoms with Crippen LogP contribution in [0, 0.1) is 0 Å². The van der Waals surface area contributed by atoms with Gasteiger partial charge < -0.3 is 9.15 Å². The molecule has 0 spiro atoms. The van der Waals surface area contributed by atoms with Crippen LogP contribution in [0.3, 0.4) is 0 Å². The standard InChI is InChI=1S/C17H16N4O3/c1-11(12-5-7-13(23-2)8-6-12)18-21-17(22)15-10-14(19-20-15)16-4-3-9-24-16/h3-10,18H,1H2,2H3,(H,19,20)(H,21,22). The Morgan fingerprint density at radius 3 is 2.71 bits per heavy atom. The van der Waals surface area contributed by atoms with Gasteiger partial charge in [0.2, 0.25) is 0 Å². The lowest BCUT2D eigenvalue weighted by Gasteiger charge is -2.10. The number of hydrazine groups is 1. The third kappa shape index (κ3) is 3.30. The fourth-order valence-corrected chi connectivity index (χ4v) is 2.06. The Bertz CT molecular complexity index is 835. The molecule has 0 unspecified atom stereocenters. The lowest BCUT2D eigenvalue weighted by Crippen LogP contribution is -2.36. The van der Waals surface area contributed by atoms with Gasteiger partial charge in [0.1, 0.15) is 11.4 Å². The molecular formula is C17H16N4O3. The van der Waals surface area contributed by atoms with E-state index in [0.717, 1.165) is 11.3 Å². The number of ether oxygens (including phenoxy) is 1. The van der Waals surface area contributed by atoms with Crippen molar-refractivity contribution < 1.29 is 13.9 Å². The number of amides is 1. The first-order chi connectivity index (χ1) is 11.7. The molecule has 0 saturated carbocycles. The van der Waals surface area contributed by atoms with Gasteiger partial charge in [-0.3, -0.25) is 20.7 Å². The third-order valence-corrected chi connectivity index (χ3v) is 3.36. The number of nitrogens with one attached hydrogen (secondary N) is 3. The minimum absolute atomic E-state index is 0.233. The summed E-state index contributed by atoms with van der Waals surface area (Å²) >= 11 is 0. The second-order valence-electron chi connectivity index (χ2n) is 4.93. The van der Waals surface area contributed by atoms with Crippen molar-refractivity contribution in [2.45, 2.75) is 0 Å². The van der Waals surface area contributed by atoms with Crippen LogP contribution in [0.15, 0.2) is 59.7 Å². The Balaban J connectivity index is 1.59. The molecule has 0 aliphatic carbocycles.